The Kier molecular flexibility index (Phi) is 5.62. The Morgan fingerprint density at radius 1 is 0.966 bits per heavy atom. The summed E-state index contributed by atoms with van der Waals surface area (Å²) in [6.45, 7) is 2.76. The zero-order valence-corrected chi connectivity index (χ0v) is 16.8. The lowest BCUT2D eigenvalue weighted by molar-refractivity contribution is 0.0746. The van der Waals surface area contributed by atoms with Crippen molar-refractivity contribution in [3.05, 3.63) is 71.5 Å². The quantitative estimate of drug-likeness (QED) is 0.657. The van der Waals surface area contributed by atoms with Gasteiger partial charge in [-0.15, -0.1) is 0 Å². The minimum atomic E-state index is -0.0488. The van der Waals surface area contributed by atoms with Crippen molar-refractivity contribution in [1.82, 2.24) is 14.9 Å². The van der Waals surface area contributed by atoms with Gasteiger partial charge in [0.2, 0.25) is 0 Å². The number of hydrogen-bond donors (Lipinski definition) is 0. The first-order chi connectivity index (χ1) is 14.2. The van der Waals surface area contributed by atoms with Gasteiger partial charge < -0.3 is 14.5 Å². The third-order valence-corrected chi connectivity index (χ3v) is 5.25. The smallest absolute Gasteiger partial charge is 0.257 e. The Labute approximate surface area is 174 Å². The second-order valence-corrected chi connectivity index (χ2v) is 7.19. The van der Waals surface area contributed by atoms with E-state index in [1.54, 1.807) is 31.6 Å². The number of rotatable bonds is 4. The van der Waals surface area contributed by atoms with E-state index < -0.39 is 0 Å². The predicted octanol–water partition coefficient (Wildman–Crippen LogP) is 3.77. The molecule has 7 heteroatoms. The molecule has 29 heavy (non-hydrogen) atoms. The van der Waals surface area contributed by atoms with Crippen LogP contribution in [0.1, 0.15) is 10.4 Å². The number of ether oxygens (including phenoxy) is 1. The average molecular weight is 409 g/mol. The standard InChI is InChI=1S/C22H21ClN4O2/c1-29-20-5-3-2-4-19(20)26-10-12-27(13-11-26)22(28)17-14-24-21(25-15-17)16-6-8-18(23)9-7-16/h2-9,14-15H,10-13H2,1H3. The van der Waals surface area contributed by atoms with Crippen molar-refractivity contribution in [3.63, 3.8) is 0 Å². The summed E-state index contributed by atoms with van der Waals surface area (Å²) >= 11 is 5.92. The van der Waals surface area contributed by atoms with Crippen LogP contribution in [-0.4, -0.2) is 54.1 Å². The number of aromatic nitrogens is 2. The Morgan fingerprint density at radius 2 is 1.62 bits per heavy atom. The normalized spacial score (nSPS) is 14.0. The molecule has 148 valence electrons. The summed E-state index contributed by atoms with van der Waals surface area (Å²) in [5, 5.41) is 0.660. The van der Waals surface area contributed by atoms with Gasteiger partial charge in [0, 0.05) is 49.2 Å². The van der Waals surface area contributed by atoms with Gasteiger partial charge in [-0.25, -0.2) is 9.97 Å². The van der Waals surface area contributed by atoms with Gasteiger partial charge in [-0.2, -0.15) is 0 Å². The molecule has 0 bridgehead atoms. The summed E-state index contributed by atoms with van der Waals surface area (Å²) in [6, 6.07) is 15.2. The van der Waals surface area contributed by atoms with E-state index in [-0.39, 0.29) is 5.91 Å². The number of carbonyl (C=O) groups is 1. The highest BCUT2D eigenvalue weighted by Gasteiger charge is 2.24. The Hall–Kier alpha value is -3.12. The maximum absolute atomic E-state index is 12.8. The van der Waals surface area contributed by atoms with E-state index in [4.69, 9.17) is 16.3 Å². The average Bonchev–Trinajstić information content (AvgIpc) is 2.79. The zero-order valence-electron chi connectivity index (χ0n) is 16.1. The highest BCUT2D eigenvalue weighted by molar-refractivity contribution is 6.30. The number of hydrogen-bond acceptors (Lipinski definition) is 5. The lowest BCUT2D eigenvalue weighted by Crippen LogP contribution is -2.48. The molecule has 1 aliphatic rings. The number of anilines is 1. The van der Waals surface area contributed by atoms with Crippen LogP contribution in [0.15, 0.2) is 60.9 Å². The summed E-state index contributed by atoms with van der Waals surface area (Å²) in [4.78, 5) is 25.6. The SMILES string of the molecule is COc1ccccc1N1CCN(C(=O)c2cnc(-c3ccc(Cl)cc3)nc2)CC1. The number of nitrogens with zero attached hydrogens (tertiary/aromatic N) is 4. The first-order valence-electron chi connectivity index (χ1n) is 9.41. The van der Waals surface area contributed by atoms with Gasteiger partial charge in [-0.3, -0.25) is 4.79 Å². The van der Waals surface area contributed by atoms with Crippen LogP contribution in [0, 0.1) is 0 Å². The highest BCUT2D eigenvalue weighted by Crippen LogP contribution is 2.28. The summed E-state index contributed by atoms with van der Waals surface area (Å²) in [6.07, 6.45) is 3.18. The molecule has 1 saturated heterocycles. The number of carbonyl (C=O) groups excluding carboxylic acids is 1. The maximum atomic E-state index is 12.8. The van der Waals surface area contributed by atoms with Gasteiger partial charge in [0.05, 0.1) is 18.4 Å². The molecule has 0 saturated carbocycles. The van der Waals surface area contributed by atoms with E-state index in [1.807, 2.05) is 41.3 Å². The minimum Gasteiger partial charge on any atom is -0.495 e. The Morgan fingerprint density at radius 3 is 2.28 bits per heavy atom. The molecule has 0 aliphatic carbocycles. The molecule has 0 atom stereocenters. The minimum absolute atomic E-state index is 0.0488. The Bertz CT molecular complexity index is 984. The van der Waals surface area contributed by atoms with E-state index in [9.17, 15) is 4.79 Å². The summed E-state index contributed by atoms with van der Waals surface area (Å²) in [7, 11) is 1.67. The second kappa shape index (κ2) is 8.49. The van der Waals surface area contributed by atoms with Crippen LogP contribution < -0.4 is 9.64 Å². The summed E-state index contributed by atoms with van der Waals surface area (Å²) in [5.74, 6) is 1.37. The molecule has 1 fully saturated rings. The van der Waals surface area contributed by atoms with Crippen molar-refractivity contribution in [2.75, 3.05) is 38.2 Å². The van der Waals surface area contributed by atoms with Gasteiger partial charge in [0.25, 0.3) is 5.91 Å². The molecule has 0 unspecified atom stereocenters. The molecule has 1 aromatic heterocycles. The molecule has 1 amide bonds. The third kappa shape index (κ3) is 4.17. The Balaban J connectivity index is 1.41. The van der Waals surface area contributed by atoms with Gasteiger partial charge in [-0.1, -0.05) is 23.7 Å². The van der Waals surface area contributed by atoms with E-state index >= 15 is 0 Å². The fourth-order valence-corrected chi connectivity index (χ4v) is 3.54. The molecule has 6 nitrogen and oxygen atoms in total. The molecule has 0 N–H and O–H groups in total. The van der Waals surface area contributed by atoms with E-state index in [1.165, 1.54) is 0 Å². The summed E-state index contributed by atoms with van der Waals surface area (Å²) in [5.41, 5.74) is 2.41. The van der Waals surface area contributed by atoms with Crippen LogP contribution in [0.5, 0.6) is 5.75 Å². The maximum Gasteiger partial charge on any atom is 0.257 e. The monoisotopic (exact) mass is 408 g/mol. The topological polar surface area (TPSA) is 58.6 Å². The molecule has 0 spiro atoms. The molecule has 3 aromatic rings. The number of piperazine rings is 1. The van der Waals surface area contributed by atoms with Crippen LogP contribution in [0.4, 0.5) is 5.69 Å². The summed E-state index contributed by atoms with van der Waals surface area (Å²) < 4.78 is 5.45. The molecule has 4 rings (SSSR count). The molecule has 1 aliphatic heterocycles. The van der Waals surface area contributed by atoms with Crippen LogP contribution in [0.2, 0.25) is 5.02 Å². The fourth-order valence-electron chi connectivity index (χ4n) is 3.41. The van der Waals surface area contributed by atoms with E-state index in [0.717, 1.165) is 30.1 Å². The molecular weight excluding hydrogens is 388 g/mol. The van der Waals surface area contributed by atoms with Crippen LogP contribution >= 0.6 is 11.6 Å². The molecule has 2 heterocycles. The number of methoxy groups -OCH3 is 1. The van der Waals surface area contributed by atoms with Crippen molar-refractivity contribution in [2.24, 2.45) is 0 Å². The van der Waals surface area contributed by atoms with Gasteiger partial charge >= 0.3 is 0 Å². The second-order valence-electron chi connectivity index (χ2n) is 6.75. The van der Waals surface area contributed by atoms with E-state index in [0.29, 0.717) is 29.5 Å². The van der Waals surface area contributed by atoms with Crippen molar-refractivity contribution in [1.29, 1.82) is 0 Å². The van der Waals surface area contributed by atoms with Crippen LogP contribution in [0.25, 0.3) is 11.4 Å². The fraction of sp³-hybridized carbons (Fsp3) is 0.227. The van der Waals surface area contributed by atoms with Crippen molar-refractivity contribution in [3.8, 4) is 17.1 Å². The van der Waals surface area contributed by atoms with E-state index in [2.05, 4.69) is 14.9 Å². The third-order valence-electron chi connectivity index (χ3n) is 4.99. The van der Waals surface area contributed by atoms with Crippen molar-refractivity contribution in [2.45, 2.75) is 0 Å². The molecule has 0 radical (unpaired) electrons. The number of halogens is 1. The van der Waals surface area contributed by atoms with Gasteiger partial charge in [0.1, 0.15) is 5.75 Å². The van der Waals surface area contributed by atoms with Crippen LogP contribution in [-0.2, 0) is 0 Å². The van der Waals surface area contributed by atoms with Crippen LogP contribution in [0.3, 0.4) is 0 Å². The lowest BCUT2D eigenvalue weighted by Gasteiger charge is -2.36. The number of benzene rings is 2. The molecular formula is C22H21ClN4O2. The first kappa shape index (κ1) is 19.2. The molecule has 2 aromatic carbocycles. The lowest BCUT2D eigenvalue weighted by atomic mass is 10.2. The largest absolute Gasteiger partial charge is 0.495 e. The zero-order chi connectivity index (χ0) is 20.2. The highest BCUT2D eigenvalue weighted by atomic mass is 35.5. The van der Waals surface area contributed by atoms with Gasteiger partial charge in [0.15, 0.2) is 5.82 Å². The van der Waals surface area contributed by atoms with Crippen molar-refractivity contribution >= 4 is 23.2 Å². The number of amides is 1. The number of para-hydroxylation sites is 2. The van der Waals surface area contributed by atoms with Crippen molar-refractivity contribution < 1.29 is 9.53 Å². The first-order valence-corrected chi connectivity index (χ1v) is 9.79. The predicted molar refractivity (Wildman–Crippen MR) is 114 cm³/mol. The van der Waals surface area contributed by atoms with Gasteiger partial charge in [-0.05, 0) is 36.4 Å².